The second-order valence-corrected chi connectivity index (χ2v) is 4.54. The molecule has 0 unspecified atom stereocenters. The Bertz CT molecular complexity index is 331. The Morgan fingerprint density at radius 1 is 1.47 bits per heavy atom. The lowest BCUT2D eigenvalue weighted by Gasteiger charge is -2.32. The minimum absolute atomic E-state index is 0.401. The lowest BCUT2D eigenvalue weighted by atomic mass is 10.1. The van der Waals surface area contributed by atoms with E-state index in [9.17, 15) is 0 Å². The lowest BCUT2D eigenvalue weighted by molar-refractivity contribution is 0.0364. The van der Waals surface area contributed by atoms with E-state index < -0.39 is 0 Å². The summed E-state index contributed by atoms with van der Waals surface area (Å²) in [5, 5.41) is 0. The zero-order chi connectivity index (χ0) is 12.1. The molecule has 1 aromatic heterocycles. The van der Waals surface area contributed by atoms with E-state index in [0.29, 0.717) is 12.6 Å². The summed E-state index contributed by atoms with van der Waals surface area (Å²) in [6, 6.07) is 0. The minimum Gasteiger partial charge on any atom is -0.378 e. The third-order valence-electron chi connectivity index (χ3n) is 3.22. The first-order chi connectivity index (χ1) is 8.31. The molecule has 1 aliphatic heterocycles. The average Bonchev–Trinajstić information content (AvgIpc) is 2.77. The van der Waals surface area contributed by atoms with Crippen molar-refractivity contribution >= 4 is 5.95 Å². The molecule has 96 valence electrons. The maximum atomic E-state index is 5.79. The highest BCUT2D eigenvalue weighted by molar-refractivity contribution is 5.31. The number of nitrogens with zero attached hydrogens (tertiary/aromatic N) is 3. The van der Waals surface area contributed by atoms with Gasteiger partial charge >= 0.3 is 0 Å². The molecule has 0 bridgehead atoms. The largest absolute Gasteiger partial charge is 0.378 e. The zero-order valence-corrected chi connectivity index (χ0v) is 10.5. The summed E-state index contributed by atoms with van der Waals surface area (Å²) in [6.07, 6.45) is 7.35. The molecule has 1 aliphatic rings. The van der Waals surface area contributed by atoms with Crippen LogP contribution in [0.15, 0.2) is 12.4 Å². The summed E-state index contributed by atoms with van der Waals surface area (Å²) < 4.78 is 7.85. The lowest BCUT2D eigenvalue weighted by Crippen LogP contribution is -2.38. The summed E-state index contributed by atoms with van der Waals surface area (Å²) in [6.45, 7) is 3.56. The van der Waals surface area contributed by atoms with Gasteiger partial charge < -0.3 is 19.9 Å². The number of piperidine rings is 1. The second-order valence-electron chi connectivity index (χ2n) is 4.54. The van der Waals surface area contributed by atoms with Crippen LogP contribution in [0.25, 0.3) is 0 Å². The number of hydrogen-bond acceptors (Lipinski definition) is 4. The Morgan fingerprint density at radius 3 is 2.82 bits per heavy atom. The van der Waals surface area contributed by atoms with E-state index in [4.69, 9.17) is 10.5 Å². The molecule has 1 fully saturated rings. The monoisotopic (exact) mass is 238 g/mol. The summed E-state index contributed by atoms with van der Waals surface area (Å²) in [5.41, 5.74) is 5.45. The van der Waals surface area contributed by atoms with Gasteiger partial charge in [-0.1, -0.05) is 0 Å². The van der Waals surface area contributed by atoms with E-state index >= 15 is 0 Å². The fourth-order valence-corrected chi connectivity index (χ4v) is 2.22. The number of hydrogen-bond donors (Lipinski definition) is 1. The van der Waals surface area contributed by atoms with Gasteiger partial charge in [0, 0.05) is 39.1 Å². The molecule has 5 nitrogen and oxygen atoms in total. The highest BCUT2D eigenvalue weighted by Gasteiger charge is 2.21. The van der Waals surface area contributed by atoms with Gasteiger partial charge in [0.1, 0.15) is 0 Å². The predicted octanol–water partition coefficient (Wildman–Crippen LogP) is 0.754. The van der Waals surface area contributed by atoms with E-state index in [1.54, 1.807) is 0 Å². The SMILES string of the molecule is Cn1ccnc1N1CCC(OCCCN)CC1. The molecular formula is C12H22N4O. The van der Waals surface area contributed by atoms with Crippen LogP contribution in [-0.4, -0.2) is 41.9 Å². The van der Waals surface area contributed by atoms with Gasteiger partial charge in [-0.25, -0.2) is 4.98 Å². The number of nitrogens with two attached hydrogens (primary N) is 1. The van der Waals surface area contributed by atoms with Gasteiger partial charge in [0.05, 0.1) is 6.10 Å². The molecule has 1 saturated heterocycles. The normalized spacial score (nSPS) is 17.6. The van der Waals surface area contributed by atoms with Crippen molar-refractivity contribution in [2.24, 2.45) is 12.8 Å². The van der Waals surface area contributed by atoms with Crippen LogP contribution in [0.3, 0.4) is 0 Å². The summed E-state index contributed by atoms with van der Waals surface area (Å²) in [4.78, 5) is 6.69. The van der Waals surface area contributed by atoms with E-state index in [2.05, 4.69) is 14.5 Å². The Hall–Kier alpha value is -1.07. The van der Waals surface area contributed by atoms with Crippen LogP contribution >= 0.6 is 0 Å². The van der Waals surface area contributed by atoms with E-state index in [1.165, 1.54) is 0 Å². The molecule has 0 aliphatic carbocycles. The Balaban J connectivity index is 1.76. The molecule has 0 amide bonds. The second kappa shape index (κ2) is 6.02. The van der Waals surface area contributed by atoms with Crippen molar-refractivity contribution in [2.75, 3.05) is 31.1 Å². The van der Waals surface area contributed by atoms with Gasteiger partial charge in [-0.15, -0.1) is 0 Å². The minimum atomic E-state index is 0.401. The van der Waals surface area contributed by atoms with Crippen molar-refractivity contribution in [1.82, 2.24) is 9.55 Å². The molecule has 17 heavy (non-hydrogen) atoms. The number of imidazole rings is 1. The zero-order valence-electron chi connectivity index (χ0n) is 10.5. The number of anilines is 1. The molecule has 0 aromatic carbocycles. The standard InChI is InChI=1S/C12H22N4O/c1-15-9-6-14-12(15)16-7-3-11(4-8-16)17-10-2-5-13/h6,9,11H,2-5,7-8,10,13H2,1H3. The van der Waals surface area contributed by atoms with Gasteiger partial charge in [0.2, 0.25) is 5.95 Å². The molecule has 2 heterocycles. The first-order valence-corrected chi connectivity index (χ1v) is 6.35. The third kappa shape index (κ3) is 3.20. The fraction of sp³-hybridized carbons (Fsp3) is 0.750. The van der Waals surface area contributed by atoms with Crippen molar-refractivity contribution in [2.45, 2.75) is 25.4 Å². The van der Waals surface area contributed by atoms with Crippen LogP contribution in [0.4, 0.5) is 5.95 Å². The smallest absolute Gasteiger partial charge is 0.205 e. The van der Waals surface area contributed by atoms with E-state index in [1.807, 2.05) is 19.4 Å². The first kappa shape index (κ1) is 12.4. The highest BCUT2D eigenvalue weighted by Crippen LogP contribution is 2.19. The molecule has 0 spiro atoms. The maximum Gasteiger partial charge on any atom is 0.205 e. The highest BCUT2D eigenvalue weighted by atomic mass is 16.5. The summed E-state index contributed by atoms with van der Waals surface area (Å²) in [5.74, 6) is 1.06. The Kier molecular flexibility index (Phi) is 4.39. The molecule has 2 N–H and O–H groups in total. The maximum absolute atomic E-state index is 5.79. The molecular weight excluding hydrogens is 216 g/mol. The number of rotatable bonds is 5. The fourth-order valence-electron chi connectivity index (χ4n) is 2.22. The molecule has 0 atom stereocenters. The van der Waals surface area contributed by atoms with Crippen LogP contribution in [0.2, 0.25) is 0 Å². The van der Waals surface area contributed by atoms with Crippen LogP contribution < -0.4 is 10.6 Å². The van der Waals surface area contributed by atoms with E-state index in [0.717, 1.165) is 44.9 Å². The van der Waals surface area contributed by atoms with Crippen LogP contribution in [0.5, 0.6) is 0 Å². The molecule has 2 rings (SSSR count). The van der Waals surface area contributed by atoms with Gasteiger partial charge in [-0.05, 0) is 25.8 Å². The summed E-state index contributed by atoms with van der Waals surface area (Å²) in [7, 11) is 2.03. The van der Waals surface area contributed by atoms with Gasteiger partial charge in [-0.3, -0.25) is 0 Å². The first-order valence-electron chi connectivity index (χ1n) is 6.35. The van der Waals surface area contributed by atoms with Gasteiger partial charge in [0.15, 0.2) is 0 Å². The van der Waals surface area contributed by atoms with Crippen molar-refractivity contribution in [1.29, 1.82) is 0 Å². The topological polar surface area (TPSA) is 56.3 Å². The van der Waals surface area contributed by atoms with Gasteiger partial charge in [0.25, 0.3) is 0 Å². The van der Waals surface area contributed by atoms with E-state index in [-0.39, 0.29) is 0 Å². The Labute approximate surface area is 103 Å². The van der Waals surface area contributed by atoms with Gasteiger partial charge in [-0.2, -0.15) is 0 Å². The van der Waals surface area contributed by atoms with Crippen LogP contribution in [0.1, 0.15) is 19.3 Å². The molecule has 0 saturated carbocycles. The molecule has 1 aromatic rings. The van der Waals surface area contributed by atoms with Crippen molar-refractivity contribution in [3.63, 3.8) is 0 Å². The van der Waals surface area contributed by atoms with Crippen LogP contribution in [-0.2, 0) is 11.8 Å². The predicted molar refractivity (Wildman–Crippen MR) is 68.1 cm³/mol. The van der Waals surface area contributed by atoms with Crippen LogP contribution in [0, 0.1) is 0 Å². The summed E-state index contributed by atoms with van der Waals surface area (Å²) >= 11 is 0. The van der Waals surface area contributed by atoms with Crippen molar-refractivity contribution in [3.05, 3.63) is 12.4 Å². The number of ether oxygens (including phenoxy) is 1. The molecule has 5 heteroatoms. The number of aromatic nitrogens is 2. The van der Waals surface area contributed by atoms with Crippen molar-refractivity contribution < 1.29 is 4.74 Å². The number of aryl methyl sites for hydroxylation is 1. The molecule has 0 radical (unpaired) electrons. The quantitative estimate of drug-likeness (QED) is 0.769. The average molecular weight is 238 g/mol. The third-order valence-corrected chi connectivity index (χ3v) is 3.22. The van der Waals surface area contributed by atoms with Crippen molar-refractivity contribution in [3.8, 4) is 0 Å². The Morgan fingerprint density at radius 2 is 2.24 bits per heavy atom.